The Bertz CT molecular complexity index is 282. The lowest BCUT2D eigenvalue weighted by Crippen LogP contribution is -3.00. The van der Waals surface area contributed by atoms with Crippen molar-refractivity contribution in [2.24, 2.45) is 0 Å². The molecule has 13 heavy (non-hydrogen) atoms. The molecule has 1 aromatic carbocycles. The largest absolute Gasteiger partial charge is 1.00 e. The fourth-order valence-electron chi connectivity index (χ4n) is 0.804. The Labute approximate surface area is 93.9 Å². The molecule has 0 amide bonds. The van der Waals surface area contributed by atoms with Crippen molar-refractivity contribution >= 4 is 10.9 Å². The molecule has 1 aromatic rings. The van der Waals surface area contributed by atoms with Crippen LogP contribution >= 0.6 is 0 Å². The van der Waals surface area contributed by atoms with Crippen LogP contribution < -0.4 is 17.0 Å². The minimum atomic E-state index is 0. The van der Waals surface area contributed by atoms with E-state index in [4.69, 9.17) is 0 Å². The lowest BCUT2D eigenvalue weighted by Gasteiger charge is -1.87. The highest BCUT2D eigenvalue weighted by Gasteiger charge is 1.94. The number of benzene rings is 1. The Balaban J connectivity index is 0.00000144. The van der Waals surface area contributed by atoms with Gasteiger partial charge in [0, 0.05) is 5.56 Å². The van der Waals surface area contributed by atoms with E-state index in [-0.39, 0.29) is 17.0 Å². The van der Waals surface area contributed by atoms with Crippen LogP contribution in [0.5, 0.6) is 0 Å². The van der Waals surface area contributed by atoms with E-state index in [1.165, 1.54) is 0 Å². The Morgan fingerprint density at radius 2 is 1.77 bits per heavy atom. The molecule has 0 saturated heterocycles. The zero-order chi connectivity index (χ0) is 8.81. The van der Waals surface area contributed by atoms with Gasteiger partial charge in [-0.2, -0.15) is 0 Å². The van der Waals surface area contributed by atoms with Crippen LogP contribution in [0.3, 0.4) is 0 Å². The summed E-state index contributed by atoms with van der Waals surface area (Å²) >= 11 is 0. The van der Waals surface area contributed by atoms with Crippen LogP contribution in [0.2, 0.25) is 0 Å². The topological polar surface area (TPSA) is 0 Å². The average Bonchev–Trinajstić information content (AvgIpc) is 2.05. The molecule has 0 aliphatic carbocycles. The average molecular weight is 257 g/mol. The Morgan fingerprint density at radius 3 is 2.31 bits per heavy atom. The summed E-state index contributed by atoms with van der Waals surface area (Å²) in [7, 11) is 0.437. The molecule has 0 N–H and O–H groups in total. The van der Waals surface area contributed by atoms with Gasteiger partial charge in [0.15, 0.2) is 5.75 Å². The van der Waals surface area contributed by atoms with Gasteiger partial charge in [-0.1, -0.05) is 24.1 Å². The van der Waals surface area contributed by atoms with Crippen molar-refractivity contribution in [3.63, 3.8) is 0 Å². The quantitative estimate of drug-likeness (QED) is 0.443. The van der Waals surface area contributed by atoms with E-state index in [0.717, 1.165) is 11.3 Å². The molecule has 0 bridgehead atoms. The van der Waals surface area contributed by atoms with Crippen LogP contribution in [-0.4, -0.2) is 18.3 Å². The van der Waals surface area contributed by atoms with Gasteiger partial charge < -0.3 is 17.0 Å². The minimum Gasteiger partial charge on any atom is -1.00 e. The van der Waals surface area contributed by atoms with Crippen molar-refractivity contribution in [2.75, 3.05) is 18.3 Å². The maximum atomic E-state index is 3.16. The number of hydrogen-bond donors (Lipinski definition) is 0. The van der Waals surface area contributed by atoms with E-state index in [0.29, 0.717) is 10.9 Å². The monoisotopic (exact) mass is 256 g/mol. The number of rotatable bonds is 1. The zero-order valence-corrected chi connectivity index (χ0v) is 10.3. The first-order valence-corrected chi connectivity index (χ1v) is 6.08. The summed E-state index contributed by atoms with van der Waals surface area (Å²) in [5.74, 6) is 7.31. The van der Waals surface area contributed by atoms with Gasteiger partial charge in [0.1, 0.15) is 0 Å². The maximum Gasteiger partial charge on any atom is 0.168 e. The second kappa shape index (κ2) is 7.06. The molecule has 2 heteroatoms. The predicted octanol–water partition coefficient (Wildman–Crippen LogP) is -1.08. The summed E-state index contributed by atoms with van der Waals surface area (Å²) in [6.45, 7) is 0. The van der Waals surface area contributed by atoms with Crippen molar-refractivity contribution < 1.29 is 17.0 Å². The Kier molecular flexibility index (Phi) is 6.84. The SMILES string of the molecule is C[S+](C)CC#Cc1ccccc1.[Br-]. The molecule has 0 fully saturated rings. The summed E-state index contributed by atoms with van der Waals surface area (Å²) in [6, 6.07) is 10.1. The summed E-state index contributed by atoms with van der Waals surface area (Å²) in [4.78, 5) is 0. The third kappa shape index (κ3) is 5.79. The molecule has 1 rings (SSSR count). The first-order valence-electron chi connectivity index (χ1n) is 3.87. The molecular weight excluding hydrogens is 244 g/mol. The van der Waals surface area contributed by atoms with Crippen molar-refractivity contribution in [1.82, 2.24) is 0 Å². The van der Waals surface area contributed by atoms with Crippen molar-refractivity contribution in [3.8, 4) is 11.8 Å². The zero-order valence-electron chi connectivity index (χ0n) is 7.88. The van der Waals surface area contributed by atoms with Gasteiger partial charge in [-0.3, -0.25) is 0 Å². The van der Waals surface area contributed by atoms with Gasteiger partial charge in [-0.05, 0) is 28.9 Å². The standard InChI is InChI=1S/C11H13S.BrH/c1-12(2)10-6-9-11-7-4-3-5-8-11;/h3-5,7-8H,10H2,1-2H3;1H/q+1;/p-1. The molecule has 0 aliphatic rings. The van der Waals surface area contributed by atoms with Gasteiger partial charge in [0.2, 0.25) is 0 Å². The van der Waals surface area contributed by atoms with Gasteiger partial charge in [-0.25, -0.2) is 0 Å². The molecule has 0 aliphatic heterocycles. The van der Waals surface area contributed by atoms with E-state index in [9.17, 15) is 0 Å². The number of halogens is 1. The van der Waals surface area contributed by atoms with Crippen molar-refractivity contribution in [2.45, 2.75) is 0 Å². The first kappa shape index (κ1) is 12.6. The van der Waals surface area contributed by atoms with Gasteiger partial charge >= 0.3 is 0 Å². The summed E-state index contributed by atoms with van der Waals surface area (Å²) in [5, 5.41) is 0. The maximum absolute atomic E-state index is 3.16. The molecule has 0 radical (unpaired) electrons. The van der Waals surface area contributed by atoms with E-state index in [1.54, 1.807) is 0 Å². The summed E-state index contributed by atoms with van der Waals surface area (Å²) in [5.41, 5.74) is 1.11. The molecule has 0 spiro atoms. The fourth-order valence-corrected chi connectivity index (χ4v) is 1.16. The molecule has 0 saturated carbocycles. The van der Waals surface area contributed by atoms with Crippen LogP contribution in [-0.2, 0) is 10.9 Å². The highest BCUT2D eigenvalue weighted by Crippen LogP contribution is 1.94. The molecule has 0 aromatic heterocycles. The van der Waals surface area contributed by atoms with E-state index < -0.39 is 0 Å². The minimum absolute atomic E-state index is 0. The van der Waals surface area contributed by atoms with Crippen molar-refractivity contribution in [3.05, 3.63) is 35.9 Å². The molecule has 70 valence electrons. The van der Waals surface area contributed by atoms with Gasteiger partial charge in [0.25, 0.3) is 0 Å². The highest BCUT2D eigenvalue weighted by atomic mass is 79.9. The van der Waals surface area contributed by atoms with Crippen LogP contribution in [0.1, 0.15) is 5.56 Å². The smallest absolute Gasteiger partial charge is 0.168 e. The molecule has 0 nitrogen and oxygen atoms in total. The van der Waals surface area contributed by atoms with E-state index in [1.807, 2.05) is 30.3 Å². The van der Waals surface area contributed by atoms with Crippen LogP contribution in [0.15, 0.2) is 30.3 Å². The van der Waals surface area contributed by atoms with Crippen LogP contribution in [0.4, 0.5) is 0 Å². The molecule has 0 atom stereocenters. The lowest BCUT2D eigenvalue weighted by molar-refractivity contribution is -0.00000254. The summed E-state index contributed by atoms with van der Waals surface area (Å²) in [6.07, 6.45) is 4.42. The third-order valence-corrected chi connectivity index (χ3v) is 2.09. The fraction of sp³-hybridized carbons (Fsp3) is 0.273. The second-order valence-corrected chi connectivity index (χ2v) is 5.06. The van der Waals surface area contributed by atoms with Crippen molar-refractivity contribution in [1.29, 1.82) is 0 Å². The molecular formula is C11H13BrS. The third-order valence-electron chi connectivity index (χ3n) is 1.37. The van der Waals surface area contributed by atoms with Crippen LogP contribution in [0.25, 0.3) is 0 Å². The van der Waals surface area contributed by atoms with Crippen LogP contribution in [0, 0.1) is 11.8 Å². The summed E-state index contributed by atoms with van der Waals surface area (Å²) < 4.78 is 0. The molecule has 0 heterocycles. The Morgan fingerprint density at radius 1 is 1.15 bits per heavy atom. The second-order valence-electron chi connectivity index (χ2n) is 2.80. The lowest BCUT2D eigenvalue weighted by atomic mass is 10.2. The normalized spacial score (nSPS) is 8.54. The first-order chi connectivity index (χ1) is 5.79. The highest BCUT2D eigenvalue weighted by molar-refractivity contribution is 7.95. The van der Waals surface area contributed by atoms with E-state index in [2.05, 4.69) is 24.4 Å². The predicted molar refractivity (Wildman–Crippen MR) is 57.4 cm³/mol. The Hall–Kier alpha value is -0.390. The van der Waals surface area contributed by atoms with Gasteiger partial charge in [-0.15, -0.1) is 0 Å². The molecule has 0 unspecified atom stereocenters. The van der Waals surface area contributed by atoms with Gasteiger partial charge in [0.05, 0.1) is 12.5 Å². The van der Waals surface area contributed by atoms with E-state index >= 15 is 0 Å². The number of hydrogen-bond acceptors (Lipinski definition) is 0.